The summed E-state index contributed by atoms with van der Waals surface area (Å²) in [6.07, 6.45) is 7.76. The van der Waals surface area contributed by atoms with E-state index in [4.69, 9.17) is 0 Å². The van der Waals surface area contributed by atoms with Crippen LogP contribution in [0.5, 0.6) is 0 Å². The Morgan fingerprint density at radius 3 is 2.71 bits per heavy atom. The number of carbonyl (C=O) groups is 1. The number of nitrogens with zero attached hydrogens (tertiary/aromatic N) is 3. The lowest BCUT2D eigenvalue weighted by Crippen LogP contribution is -2.32. The van der Waals surface area contributed by atoms with E-state index >= 15 is 0 Å². The molecule has 2 fully saturated rings. The SMILES string of the molecule is O=C(c1ccc2nccn2c1)N1CC[C@@H]2CNC[C@@H]2CC1. The molecule has 2 saturated heterocycles. The van der Waals surface area contributed by atoms with Crippen molar-refractivity contribution in [3.05, 3.63) is 36.3 Å². The number of amides is 1. The van der Waals surface area contributed by atoms with E-state index in [1.54, 1.807) is 6.20 Å². The summed E-state index contributed by atoms with van der Waals surface area (Å²) in [6.45, 7) is 3.99. The maximum atomic E-state index is 12.7. The van der Waals surface area contributed by atoms with E-state index in [1.807, 2.05) is 33.8 Å². The smallest absolute Gasteiger partial charge is 0.255 e. The van der Waals surface area contributed by atoms with Crippen LogP contribution in [0.4, 0.5) is 0 Å². The molecule has 2 aromatic heterocycles. The molecule has 5 heteroatoms. The monoisotopic (exact) mass is 284 g/mol. The Morgan fingerprint density at radius 1 is 1.19 bits per heavy atom. The van der Waals surface area contributed by atoms with Gasteiger partial charge in [-0.3, -0.25) is 4.79 Å². The van der Waals surface area contributed by atoms with Crippen LogP contribution in [0.2, 0.25) is 0 Å². The summed E-state index contributed by atoms with van der Waals surface area (Å²) in [4.78, 5) is 19.0. The molecule has 1 N–H and O–H groups in total. The zero-order valence-electron chi connectivity index (χ0n) is 12.0. The number of carbonyl (C=O) groups excluding carboxylic acids is 1. The van der Waals surface area contributed by atoms with Crippen molar-refractivity contribution in [2.75, 3.05) is 26.2 Å². The second-order valence-corrected chi connectivity index (χ2v) is 6.16. The third kappa shape index (κ3) is 2.31. The zero-order chi connectivity index (χ0) is 14.2. The summed E-state index contributed by atoms with van der Waals surface area (Å²) in [6, 6.07) is 3.79. The van der Waals surface area contributed by atoms with Crippen LogP contribution in [-0.2, 0) is 0 Å². The lowest BCUT2D eigenvalue weighted by Gasteiger charge is -2.21. The Kier molecular flexibility index (Phi) is 3.15. The van der Waals surface area contributed by atoms with Crippen molar-refractivity contribution in [2.24, 2.45) is 11.8 Å². The summed E-state index contributed by atoms with van der Waals surface area (Å²) >= 11 is 0. The predicted octanol–water partition coefficient (Wildman–Crippen LogP) is 1.41. The van der Waals surface area contributed by atoms with Gasteiger partial charge in [-0.15, -0.1) is 0 Å². The fourth-order valence-corrected chi connectivity index (χ4v) is 3.65. The van der Waals surface area contributed by atoms with Gasteiger partial charge < -0.3 is 14.6 Å². The topological polar surface area (TPSA) is 49.6 Å². The van der Waals surface area contributed by atoms with Crippen molar-refractivity contribution in [3.8, 4) is 0 Å². The van der Waals surface area contributed by atoms with Gasteiger partial charge in [-0.05, 0) is 49.9 Å². The highest BCUT2D eigenvalue weighted by Gasteiger charge is 2.31. The number of hydrogen-bond donors (Lipinski definition) is 1. The molecular formula is C16H20N4O. The summed E-state index contributed by atoms with van der Waals surface area (Å²) in [5.74, 6) is 1.65. The van der Waals surface area contributed by atoms with E-state index in [2.05, 4.69) is 10.3 Å². The van der Waals surface area contributed by atoms with Crippen LogP contribution in [0.25, 0.3) is 5.65 Å². The van der Waals surface area contributed by atoms with Crippen LogP contribution in [-0.4, -0.2) is 46.4 Å². The highest BCUT2D eigenvalue weighted by molar-refractivity contribution is 5.94. The molecule has 21 heavy (non-hydrogen) atoms. The Morgan fingerprint density at radius 2 is 1.95 bits per heavy atom. The largest absolute Gasteiger partial charge is 0.339 e. The molecule has 0 saturated carbocycles. The van der Waals surface area contributed by atoms with Crippen LogP contribution < -0.4 is 5.32 Å². The zero-order valence-corrected chi connectivity index (χ0v) is 12.0. The average Bonchev–Trinajstić information content (AvgIpc) is 3.11. The van der Waals surface area contributed by atoms with Gasteiger partial charge in [0.2, 0.25) is 0 Å². The minimum atomic E-state index is 0.151. The van der Waals surface area contributed by atoms with Gasteiger partial charge in [0.15, 0.2) is 0 Å². The van der Waals surface area contributed by atoms with Gasteiger partial charge in [-0.25, -0.2) is 4.98 Å². The van der Waals surface area contributed by atoms with Gasteiger partial charge in [0.1, 0.15) is 5.65 Å². The normalized spacial score (nSPS) is 25.8. The quantitative estimate of drug-likeness (QED) is 0.861. The van der Waals surface area contributed by atoms with Gasteiger partial charge >= 0.3 is 0 Å². The number of rotatable bonds is 1. The van der Waals surface area contributed by atoms with E-state index < -0.39 is 0 Å². The average molecular weight is 284 g/mol. The molecule has 5 nitrogen and oxygen atoms in total. The molecule has 0 unspecified atom stereocenters. The Hall–Kier alpha value is -1.88. The molecule has 0 aromatic carbocycles. The van der Waals surface area contributed by atoms with E-state index in [9.17, 15) is 4.79 Å². The van der Waals surface area contributed by atoms with E-state index in [0.717, 1.165) is 62.1 Å². The number of likely N-dealkylation sites (tertiary alicyclic amines) is 1. The number of imidazole rings is 1. The molecule has 0 bridgehead atoms. The van der Waals surface area contributed by atoms with Crippen LogP contribution in [0, 0.1) is 11.8 Å². The standard InChI is InChI=1S/C16H20N4O/c21-16(14-1-2-15-18-5-8-20(15)11-14)19-6-3-12-9-17-10-13(12)4-7-19/h1-2,5,8,11-13,17H,3-4,6-7,9-10H2/t12-,13+. The Balaban J connectivity index is 1.53. The van der Waals surface area contributed by atoms with Gasteiger partial charge in [-0.1, -0.05) is 0 Å². The summed E-state index contributed by atoms with van der Waals surface area (Å²) < 4.78 is 1.91. The second kappa shape index (κ2) is 5.15. The van der Waals surface area contributed by atoms with Crippen LogP contribution in [0.15, 0.2) is 30.7 Å². The molecule has 0 aliphatic carbocycles. The third-order valence-corrected chi connectivity index (χ3v) is 4.94. The minimum absolute atomic E-state index is 0.151. The molecule has 110 valence electrons. The first-order valence-electron chi connectivity index (χ1n) is 7.74. The lowest BCUT2D eigenvalue weighted by atomic mass is 9.92. The molecule has 4 heterocycles. The van der Waals surface area contributed by atoms with Crippen molar-refractivity contribution in [2.45, 2.75) is 12.8 Å². The molecular weight excluding hydrogens is 264 g/mol. The third-order valence-electron chi connectivity index (χ3n) is 4.94. The number of aromatic nitrogens is 2. The highest BCUT2D eigenvalue weighted by Crippen LogP contribution is 2.27. The van der Waals surface area contributed by atoms with Crippen molar-refractivity contribution in [1.82, 2.24) is 19.6 Å². The van der Waals surface area contributed by atoms with Gasteiger partial charge in [-0.2, -0.15) is 0 Å². The Labute approximate surface area is 124 Å². The predicted molar refractivity (Wildman–Crippen MR) is 80.2 cm³/mol. The molecule has 0 radical (unpaired) electrons. The first kappa shape index (κ1) is 12.8. The van der Waals surface area contributed by atoms with E-state index in [-0.39, 0.29) is 5.91 Å². The molecule has 2 aliphatic rings. The Bertz CT molecular complexity index is 651. The second-order valence-electron chi connectivity index (χ2n) is 6.16. The van der Waals surface area contributed by atoms with Crippen LogP contribution in [0.3, 0.4) is 0 Å². The highest BCUT2D eigenvalue weighted by atomic mass is 16.2. The molecule has 0 spiro atoms. The van der Waals surface area contributed by atoms with Crippen LogP contribution >= 0.6 is 0 Å². The van der Waals surface area contributed by atoms with Crippen molar-refractivity contribution >= 4 is 11.6 Å². The van der Waals surface area contributed by atoms with Crippen molar-refractivity contribution in [1.29, 1.82) is 0 Å². The number of pyridine rings is 1. The molecule has 2 aromatic rings. The summed E-state index contributed by atoms with van der Waals surface area (Å²) in [5.41, 5.74) is 1.63. The minimum Gasteiger partial charge on any atom is -0.339 e. The molecule has 4 rings (SSSR count). The molecule has 2 atom stereocenters. The fraction of sp³-hybridized carbons (Fsp3) is 0.500. The van der Waals surface area contributed by atoms with Gasteiger partial charge in [0.05, 0.1) is 5.56 Å². The number of fused-ring (bicyclic) bond motifs is 2. The summed E-state index contributed by atoms with van der Waals surface area (Å²) in [5, 5.41) is 3.47. The summed E-state index contributed by atoms with van der Waals surface area (Å²) in [7, 11) is 0. The maximum Gasteiger partial charge on any atom is 0.255 e. The van der Waals surface area contributed by atoms with E-state index in [0.29, 0.717) is 0 Å². The van der Waals surface area contributed by atoms with Crippen molar-refractivity contribution < 1.29 is 4.79 Å². The van der Waals surface area contributed by atoms with Gasteiger partial charge in [0, 0.05) is 31.7 Å². The molecule has 2 aliphatic heterocycles. The number of hydrogen-bond acceptors (Lipinski definition) is 3. The first-order valence-corrected chi connectivity index (χ1v) is 7.74. The van der Waals surface area contributed by atoms with Gasteiger partial charge in [0.25, 0.3) is 5.91 Å². The lowest BCUT2D eigenvalue weighted by molar-refractivity contribution is 0.0758. The maximum absolute atomic E-state index is 12.7. The van der Waals surface area contributed by atoms with Crippen LogP contribution in [0.1, 0.15) is 23.2 Å². The van der Waals surface area contributed by atoms with Crippen molar-refractivity contribution in [3.63, 3.8) is 0 Å². The number of nitrogens with one attached hydrogen (secondary N) is 1. The van der Waals surface area contributed by atoms with E-state index in [1.165, 1.54) is 0 Å². The molecule has 1 amide bonds. The fourth-order valence-electron chi connectivity index (χ4n) is 3.65. The first-order chi connectivity index (χ1) is 10.3.